The van der Waals surface area contributed by atoms with Gasteiger partial charge in [0.25, 0.3) is 0 Å². The summed E-state index contributed by atoms with van der Waals surface area (Å²) in [6.07, 6.45) is 3.03. The van der Waals surface area contributed by atoms with Crippen LogP contribution in [0.2, 0.25) is 0 Å². The summed E-state index contributed by atoms with van der Waals surface area (Å²) in [5.41, 5.74) is 2.73. The molecular formula is C19H22N4O2S. The summed E-state index contributed by atoms with van der Waals surface area (Å²) in [6.45, 7) is 3.65. The van der Waals surface area contributed by atoms with Crippen LogP contribution in [0.25, 0.3) is 0 Å². The van der Waals surface area contributed by atoms with Gasteiger partial charge in [-0.2, -0.15) is 0 Å². The van der Waals surface area contributed by atoms with Gasteiger partial charge < -0.3 is 9.80 Å². The highest BCUT2D eigenvalue weighted by Crippen LogP contribution is 2.25. The van der Waals surface area contributed by atoms with Crippen molar-refractivity contribution in [2.45, 2.75) is 18.9 Å². The van der Waals surface area contributed by atoms with Crippen molar-refractivity contribution < 1.29 is 9.59 Å². The Morgan fingerprint density at radius 3 is 2.58 bits per heavy atom. The lowest BCUT2D eigenvalue weighted by Gasteiger charge is -2.37. The lowest BCUT2D eigenvalue weighted by Crippen LogP contribution is -2.54. The van der Waals surface area contributed by atoms with E-state index < -0.39 is 0 Å². The van der Waals surface area contributed by atoms with Crippen LogP contribution in [0.4, 0.5) is 5.69 Å². The maximum absolute atomic E-state index is 12.8. The third-order valence-electron chi connectivity index (χ3n) is 5.16. The van der Waals surface area contributed by atoms with Crippen molar-refractivity contribution in [2.75, 3.05) is 37.6 Å². The van der Waals surface area contributed by atoms with Crippen LogP contribution in [-0.2, 0) is 16.0 Å². The van der Waals surface area contributed by atoms with Gasteiger partial charge in [-0.05, 0) is 18.6 Å². The Balaban J connectivity index is 1.32. The van der Waals surface area contributed by atoms with Crippen molar-refractivity contribution >= 4 is 28.8 Å². The molecule has 4 rings (SSSR count). The quantitative estimate of drug-likeness (QED) is 0.821. The molecule has 1 aromatic carbocycles. The lowest BCUT2D eigenvalue weighted by atomic mass is 10.1. The zero-order chi connectivity index (χ0) is 17.9. The highest BCUT2D eigenvalue weighted by atomic mass is 32.1. The van der Waals surface area contributed by atoms with Crippen LogP contribution in [0.1, 0.15) is 11.3 Å². The van der Waals surface area contributed by atoms with Crippen molar-refractivity contribution in [3.8, 4) is 0 Å². The molecule has 1 unspecified atom stereocenters. The van der Waals surface area contributed by atoms with Gasteiger partial charge in [-0.15, -0.1) is 11.3 Å². The van der Waals surface area contributed by atoms with Gasteiger partial charge in [0.05, 0.1) is 18.0 Å². The van der Waals surface area contributed by atoms with E-state index in [2.05, 4.69) is 9.88 Å². The molecule has 0 radical (unpaired) electrons. The molecule has 3 heterocycles. The number of aromatic nitrogens is 1. The molecule has 2 fully saturated rings. The number of para-hydroxylation sites is 1. The largest absolute Gasteiger partial charge is 0.340 e. The molecule has 2 aromatic rings. The van der Waals surface area contributed by atoms with E-state index in [0.29, 0.717) is 19.5 Å². The number of anilines is 1. The Labute approximate surface area is 157 Å². The van der Waals surface area contributed by atoms with Crippen LogP contribution in [0, 0.1) is 0 Å². The molecule has 2 aliphatic heterocycles. The standard InChI is InChI=1S/C19H22N4O2S/c24-18(12-16-13-20-14-26-16)22-10-8-21(9-11-22)17-6-7-23(19(17)25)15-4-2-1-3-5-15/h1-5,13-14,17H,6-12H2. The molecular weight excluding hydrogens is 348 g/mol. The van der Waals surface area contributed by atoms with E-state index >= 15 is 0 Å². The van der Waals surface area contributed by atoms with Gasteiger partial charge in [0.15, 0.2) is 0 Å². The fraction of sp³-hybridized carbons (Fsp3) is 0.421. The van der Waals surface area contributed by atoms with E-state index in [1.165, 1.54) is 11.3 Å². The molecule has 2 amide bonds. The minimum absolute atomic E-state index is 0.0612. The van der Waals surface area contributed by atoms with E-state index in [9.17, 15) is 9.59 Å². The normalized spacial score (nSPS) is 21.4. The van der Waals surface area contributed by atoms with Crippen LogP contribution in [-0.4, -0.2) is 65.4 Å². The average molecular weight is 370 g/mol. The SMILES string of the molecule is O=C(Cc1cncs1)N1CCN(C2CCN(c3ccccc3)C2=O)CC1. The molecule has 0 saturated carbocycles. The maximum atomic E-state index is 12.8. The van der Waals surface area contributed by atoms with E-state index in [4.69, 9.17) is 0 Å². The Morgan fingerprint density at radius 2 is 1.88 bits per heavy atom. The predicted molar refractivity (Wildman–Crippen MR) is 101 cm³/mol. The summed E-state index contributed by atoms with van der Waals surface area (Å²) < 4.78 is 0. The number of hydrogen-bond acceptors (Lipinski definition) is 5. The minimum Gasteiger partial charge on any atom is -0.340 e. The first-order valence-electron chi connectivity index (χ1n) is 8.98. The van der Waals surface area contributed by atoms with Gasteiger partial charge >= 0.3 is 0 Å². The molecule has 26 heavy (non-hydrogen) atoms. The summed E-state index contributed by atoms with van der Waals surface area (Å²) in [6, 6.07) is 9.79. The molecule has 6 nitrogen and oxygen atoms in total. The van der Waals surface area contributed by atoms with Crippen molar-refractivity contribution in [1.82, 2.24) is 14.8 Å². The van der Waals surface area contributed by atoms with E-state index in [1.807, 2.05) is 40.1 Å². The fourth-order valence-corrected chi connectivity index (χ4v) is 4.33. The second-order valence-corrected chi connectivity index (χ2v) is 7.66. The van der Waals surface area contributed by atoms with E-state index in [1.54, 1.807) is 11.7 Å². The number of rotatable bonds is 4. The van der Waals surface area contributed by atoms with Crippen molar-refractivity contribution in [3.63, 3.8) is 0 Å². The number of carbonyl (C=O) groups excluding carboxylic acids is 2. The molecule has 0 bridgehead atoms. The summed E-state index contributed by atoms with van der Waals surface area (Å²) >= 11 is 1.52. The Hall–Kier alpha value is -2.25. The first-order valence-corrected chi connectivity index (χ1v) is 9.86. The summed E-state index contributed by atoms with van der Waals surface area (Å²) in [5.74, 6) is 0.332. The van der Waals surface area contributed by atoms with Gasteiger partial charge in [0.2, 0.25) is 11.8 Å². The second kappa shape index (κ2) is 7.55. The number of hydrogen-bond donors (Lipinski definition) is 0. The lowest BCUT2D eigenvalue weighted by molar-refractivity contribution is -0.133. The first kappa shape index (κ1) is 17.2. The molecule has 1 aromatic heterocycles. The zero-order valence-electron chi connectivity index (χ0n) is 14.6. The predicted octanol–water partition coefficient (Wildman–Crippen LogP) is 1.64. The summed E-state index contributed by atoms with van der Waals surface area (Å²) in [5, 5.41) is 0. The van der Waals surface area contributed by atoms with Gasteiger partial charge in [0, 0.05) is 49.5 Å². The van der Waals surface area contributed by atoms with Crippen LogP contribution in [0.5, 0.6) is 0 Å². The van der Waals surface area contributed by atoms with Crippen LogP contribution in [0.15, 0.2) is 42.0 Å². The Kier molecular flexibility index (Phi) is 4.99. The Morgan fingerprint density at radius 1 is 1.12 bits per heavy atom. The molecule has 0 spiro atoms. The molecule has 2 aliphatic rings. The molecule has 0 aliphatic carbocycles. The number of benzene rings is 1. The third-order valence-corrected chi connectivity index (χ3v) is 5.94. The highest BCUT2D eigenvalue weighted by Gasteiger charge is 2.38. The number of carbonyl (C=O) groups is 2. The van der Waals surface area contributed by atoms with Gasteiger partial charge in [-0.25, -0.2) is 0 Å². The molecule has 1 atom stereocenters. The van der Waals surface area contributed by atoms with E-state index in [0.717, 1.165) is 36.6 Å². The van der Waals surface area contributed by atoms with Crippen LogP contribution < -0.4 is 4.90 Å². The van der Waals surface area contributed by atoms with Crippen molar-refractivity contribution in [1.29, 1.82) is 0 Å². The average Bonchev–Trinajstić information content (AvgIpc) is 3.32. The molecule has 7 heteroatoms. The molecule has 0 N–H and O–H groups in total. The first-order chi connectivity index (χ1) is 12.7. The smallest absolute Gasteiger partial charge is 0.244 e. The van der Waals surface area contributed by atoms with Gasteiger partial charge in [-0.1, -0.05) is 18.2 Å². The number of amides is 2. The summed E-state index contributed by atoms with van der Waals surface area (Å²) in [7, 11) is 0. The van der Waals surface area contributed by atoms with Crippen molar-refractivity contribution in [3.05, 3.63) is 46.9 Å². The fourth-order valence-electron chi connectivity index (χ4n) is 3.74. The number of piperazine rings is 1. The number of nitrogens with zero attached hydrogens (tertiary/aromatic N) is 4. The monoisotopic (exact) mass is 370 g/mol. The maximum Gasteiger partial charge on any atom is 0.244 e. The Bertz CT molecular complexity index is 757. The van der Waals surface area contributed by atoms with Gasteiger partial charge in [0.1, 0.15) is 0 Å². The second-order valence-electron chi connectivity index (χ2n) is 6.69. The summed E-state index contributed by atoms with van der Waals surface area (Å²) in [4.78, 5) is 36.3. The minimum atomic E-state index is -0.0612. The zero-order valence-corrected chi connectivity index (χ0v) is 15.4. The van der Waals surface area contributed by atoms with Gasteiger partial charge in [-0.3, -0.25) is 19.5 Å². The van der Waals surface area contributed by atoms with Crippen LogP contribution >= 0.6 is 11.3 Å². The topological polar surface area (TPSA) is 56.8 Å². The molecule has 136 valence electrons. The number of thiazole rings is 1. The highest BCUT2D eigenvalue weighted by molar-refractivity contribution is 7.09. The van der Waals surface area contributed by atoms with Crippen molar-refractivity contribution in [2.24, 2.45) is 0 Å². The molecule has 2 saturated heterocycles. The van der Waals surface area contributed by atoms with E-state index in [-0.39, 0.29) is 17.9 Å². The van der Waals surface area contributed by atoms with Crippen LogP contribution in [0.3, 0.4) is 0 Å². The third kappa shape index (κ3) is 3.50.